The second-order valence-corrected chi connectivity index (χ2v) is 1.66. The molecule has 1 aromatic heterocycles. The molecule has 0 aromatic carbocycles. The summed E-state index contributed by atoms with van der Waals surface area (Å²) in [4.78, 5) is 3.90. The van der Waals surface area contributed by atoms with E-state index in [2.05, 4.69) is 10.4 Å². The number of nitrogens with zero attached hydrogens (tertiary/aromatic N) is 1. The summed E-state index contributed by atoms with van der Waals surface area (Å²) in [5.41, 5.74) is 2.35. The zero-order valence-corrected chi connectivity index (χ0v) is 5.45. The van der Waals surface area contributed by atoms with E-state index in [1.165, 1.54) is 0 Å². The molecule has 0 aliphatic rings. The Labute approximate surface area is 59.0 Å². The molecule has 0 radical (unpaired) electrons. The van der Waals surface area contributed by atoms with E-state index in [1.54, 1.807) is 12.3 Å². The highest BCUT2D eigenvalue weighted by atomic mass is 16.5. The van der Waals surface area contributed by atoms with Gasteiger partial charge in [-0.2, -0.15) is 0 Å². The van der Waals surface area contributed by atoms with Crippen LogP contribution in [0.15, 0.2) is 24.4 Å². The van der Waals surface area contributed by atoms with Gasteiger partial charge >= 0.3 is 0 Å². The van der Waals surface area contributed by atoms with E-state index in [0.717, 1.165) is 0 Å². The number of nitrogens with one attached hydrogen (secondary N) is 1. The fraction of sp³-hybridized carbons (Fsp3) is 0.167. The molecule has 4 heteroatoms. The van der Waals surface area contributed by atoms with Crippen molar-refractivity contribution in [2.24, 2.45) is 5.84 Å². The zero-order valence-electron chi connectivity index (χ0n) is 5.45. The van der Waals surface area contributed by atoms with Crippen LogP contribution in [0.5, 0.6) is 5.88 Å². The Bertz CT molecular complexity index is 178. The molecule has 0 aliphatic heterocycles. The molecule has 0 saturated carbocycles. The average molecular weight is 139 g/mol. The van der Waals surface area contributed by atoms with Gasteiger partial charge in [-0.25, -0.2) is 10.4 Å². The Hall–Kier alpha value is -1.13. The summed E-state index contributed by atoms with van der Waals surface area (Å²) in [5, 5.41) is 0. The Morgan fingerprint density at radius 3 is 3.10 bits per heavy atom. The van der Waals surface area contributed by atoms with Crippen LogP contribution in [0.3, 0.4) is 0 Å². The lowest BCUT2D eigenvalue weighted by Crippen LogP contribution is -2.26. The van der Waals surface area contributed by atoms with Crippen LogP contribution in [0, 0.1) is 0 Å². The SMILES string of the molecule is NNCOc1ccccn1. The first-order valence-electron chi connectivity index (χ1n) is 2.91. The zero-order chi connectivity index (χ0) is 7.23. The molecule has 4 nitrogen and oxygen atoms in total. The van der Waals surface area contributed by atoms with E-state index in [-0.39, 0.29) is 6.73 Å². The maximum absolute atomic E-state index is 5.01. The number of nitrogens with two attached hydrogens (primary N) is 1. The number of pyridine rings is 1. The largest absolute Gasteiger partial charge is 0.460 e. The van der Waals surface area contributed by atoms with E-state index < -0.39 is 0 Å². The normalized spacial score (nSPS) is 9.30. The quantitative estimate of drug-likeness (QED) is 0.348. The second kappa shape index (κ2) is 3.81. The van der Waals surface area contributed by atoms with Gasteiger partial charge in [-0.1, -0.05) is 6.07 Å². The Morgan fingerprint density at radius 2 is 2.50 bits per heavy atom. The van der Waals surface area contributed by atoms with Gasteiger partial charge in [0.1, 0.15) is 0 Å². The molecule has 54 valence electrons. The predicted octanol–water partition coefficient (Wildman–Crippen LogP) is -0.119. The van der Waals surface area contributed by atoms with Gasteiger partial charge in [0.2, 0.25) is 5.88 Å². The first-order chi connectivity index (χ1) is 4.93. The molecular weight excluding hydrogens is 130 g/mol. The number of hydrazine groups is 1. The van der Waals surface area contributed by atoms with E-state index in [0.29, 0.717) is 5.88 Å². The standard InChI is InChI=1S/C6H9N3O/c7-9-5-10-6-3-1-2-4-8-6/h1-4,9H,5,7H2. The minimum Gasteiger partial charge on any atom is -0.460 e. The summed E-state index contributed by atoms with van der Waals surface area (Å²) in [6.07, 6.45) is 1.66. The van der Waals surface area contributed by atoms with Crippen LogP contribution in [0.2, 0.25) is 0 Å². The van der Waals surface area contributed by atoms with Gasteiger partial charge < -0.3 is 4.74 Å². The molecule has 0 saturated heterocycles. The highest BCUT2D eigenvalue weighted by Crippen LogP contribution is 2.00. The predicted molar refractivity (Wildman–Crippen MR) is 37.1 cm³/mol. The van der Waals surface area contributed by atoms with Crippen molar-refractivity contribution in [3.05, 3.63) is 24.4 Å². The van der Waals surface area contributed by atoms with Crippen molar-refractivity contribution < 1.29 is 4.74 Å². The maximum Gasteiger partial charge on any atom is 0.214 e. The summed E-state index contributed by atoms with van der Waals surface area (Å²) in [6, 6.07) is 5.43. The molecular formula is C6H9N3O. The summed E-state index contributed by atoms with van der Waals surface area (Å²) >= 11 is 0. The van der Waals surface area contributed by atoms with Crippen LogP contribution in [0.1, 0.15) is 0 Å². The third-order valence-corrected chi connectivity index (χ3v) is 0.941. The topological polar surface area (TPSA) is 60.2 Å². The molecule has 0 unspecified atom stereocenters. The van der Waals surface area contributed by atoms with Gasteiger partial charge in [0.05, 0.1) is 0 Å². The number of ether oxygens (including phenoxy) is 1. The molecule has 0 atom stereocenters. The smallest absolute Gasteiger partial charge is 0.214 e. The summed E-state index contributed by atoms with van der Waals surface area (Å²) < 4.78 is 5.01. The summed E-state index contributed by atoms with van der Waals surface area (Å²) in [7, 11) is 0. The maximum atomic E-state index is 5.01. The van der Waals surface area contributed by atoms with Crippen LogP contribution in [-0.4, -0.2) is 11.7 Å². The van der Waals surface area contributed by atoms with Crippen molar-refractivity contribution >= 4 is 0 Å². The molecule has 1 heterocycles. The first-order valence-corrected chi connectivity index (χ1v) is 2.91. The van der Waals surface area contributed by atoms with E-state index in [4.69, 9.17) is 10.6 Å². The van der Waals surface area contributed by atoms with Crippen molar-refractivity contribution in [1.29, 1.82) is 0 Å². The fourth-order valence-electron chi connectivity index (χ4n) is 0.548. The van der Waals surface area contributed by atoms with E-state index in [9.17, 15) is 0 Å². The summed E-state index contributed by atoms with van der Waals surface area (Å²) in [6.45, 7) is 0.275. The van der Waals surface area contributed by atoms with Gasteiger partial charge in [-0.15, -0.1) is 0 Å². The van der Waals surface area contributed by atoms with Crippen LogP contribution in [0.25, 0.3) is 0 Å². The highest BCUT2D eigenvalue weighted by Gasteiger charge is 1.87. The van der Waals surface area contributed by atoms with Gasteiger partial charge in [0.15, 0.2) is 6.73 Å². The lowest BCUT2D eigenvalue weighted by Gasteiger charge is -2.01. The first kappa shape index (κ1) is 6.98. The lowest BCUT2D eigenvalue weighted by atomic mass is 10.5. The van der Waals surface area contributed by atoms with Crippen molar-refractivity contribution in [3.63, 3.8) is 0 Å². The number of rotatable bonds is 3. The van der Waals surface area contributed by atoms with E-state index in [1.807, 2.05) is 12.1 Å². The van der Waals surface area contributed by atoms with Crippen molar-refractivity contribution in [2.45, 2.75) is 0 Å². The van der Waals surface area contributed by atoms with Crippen LogP contribution in [-0.2, 0) is 0 Å². The third-order valence-electron chi connectivity index (χ3n) is 0.941. The average Bonchev–Trinajstić information content (AvgIpc) is 2.03. The molecule has 3 N–H and O–H groups in total. The molecule has 0 aliphatic carbocycles. The molecule has 0 spiro atoms. The lowest BCUT2D eigenvalue weighted by molar-refractivity contribution is 0.275. The van der Waals surface area contributed by atoms with Crippen molar-refractivity contribution in [1.82, 2.24) is 10.4 Å². The molecule has 0 amide bonds. The molecule has 0 bridgehead atoms. The van der Waals surface area contributed by atoms with Gasteiger partial charge in [-0.05, 0) is 6.07 Å². The molecule has 1 rings (SSSR count). The monoisotopic (exact) mass is 139 g/mol. The molecule has 1 aromatic rings. The van der Waals surface area contributed by atoms with Crippen molar-refractivity contribution in [2.75, 3.05) is 6.73 Å². The number of hydrogen-bond acceptors (Lipinski definition) is 4. The van der Waals surface area contributed by atoms with Gasteiger partial charge in [-0.3, -0.25) is 5.84 Å². The third kappa shape index (κ3) is 2.00. The molecule has 0 fully saturated rings. The minimum absolute atomic E-state index is 0.275. The van der Waals surface area contributed by atoms with Crippen LogP contribution < -0.4 is 16.0 Å². The second-order valence-electron chi connectivity index (χ2n) is 1.66. The fourth-order valence-corrected chi connectivity index (χ4v) is 0.548. The van der Waals surface area contributed by atoms with Crippen molar-refractivity contribution in [3.8, 4) is 5.88 Å². The van der Waals surface area contributed by atoms with E-state index >= 15 is 0 Å². The highest BCUT2D eigenvalue weighted by molar-refractivity contribution is 5.08. The van der Waals surface area contributed by atoms with Crippen LogP contribution in [0.4, 0.5) is 0 Å². The van der Waals surface area contributed by atoms with Crippen LogP contribution >= 0.6 is 0 Å². The number of hydrogen-bond donors (Lipinski definition) is 2. The summed E-state index contributed by atoms with van der Waals surface area (Å²) in [5.74, 6) is 5.54. The Morgan fingerprint density at radius 1 is 1.60 bits per heavy atom. The number of aromatic nitrogens is 1. The Kier molecular flexibility index (Phi) is 2.66. The minimum atomic E-state index is 0.275. The van der Waals surface area contributed by atoms with Gasteiger partial charge in [0, 0.05) is 12.3 Å². The van der Waals surface area contributed by atoms with Gasteiger partial charge in [0.25, 0.3) is 0 Å². The molecule has 10 heavy (non-hydrogen) atoms. The Balaban J connectivity index is 2.43.